The number of fused-ring (bicyclic) bond motifs is 1. The molecule has 2 aliphatic rings. The molecule has 41 heavy (non-hydrogen) atoms. The van der Waals surface area contributed by atoms with E-state index in [2.05, 4.69) is 14.9 Å². The first-order valence-electron chi connectivity index (χ1n) is 13.2. The van der Waals surface area contributed by atoms with E-state index in [-0.39, 0.29) is 22.9 Å². The maximum absolute atomic E-state index is 14.2. The highest BCUT2D eigenvalue weighted by Crippen LogP contribution is 2.43. The van der Waals surface area contributed by atoms with Crippen molar-refractivity contribution in [2.75, 3.05) is 36.0 Å². The van der Waals surface area contributed by atoms with Gasteiger partial charge in [0.2, 0.25) is 0 Å². The molecule has 12 heteroatoms. The van der Waals surface area contributed by atoms with Gasteiger partial charge in [-0.05, 0) is 51.5 Å². The monoisotopic (exact) mass is 584 g/mol. The van der Waals surface area contributed by atoms with Gasteiger partial charge in [-0.2, -0.15) is 0 Å². The maximum Gasteiger partial charge on any atom is 0.337 e. The molecule has 3 aromatic rings. The fraction of sp³-hybridized carbons (Fsp3) is 0.414. The van der Waals surface area contributed by atoms with Gasteiger partial charge < -0.3 is 19.8 Å². The second-order valence-electron chi connectivity index (χ2n) is 11.9. The summed E-state index contributed by atoms with van der Waals surface area (Å²) in [5, 5.41) is 8.91. The fourth-order valence-electron chi connectivity index (χ4n) is 5.76. The number of carboxylic acids is 1. The lowest BCUT2D eigenvalue weighted by molar-refractivity contribution is 0.0506. The van der Waals surface area contributed by atoms with Crippen molar-refractivity contribution in [3.63, 3.8) is 0 Å². The normalized spacial score (nSPS) is 17.5. The number of hydrogen-bond acceptors (Lipinski definition) is 7. The van der Waals surface area contributed by atoms with Crippen LogP contribution >= 0.6 is 11.6 Å². The summed E-state index contributed by atoms with van der Waals surface area (Å²) < 4.78 is 28.4. The molecule has 0 bridgehead atoms. The molecule has 216 valence electrons. The minimum absolute atomic E-state index is 0.185. The third-order valence-electron chi connectivity index (χ3n) is 7.77. The highest BCUT2D eigenvalue weighted by atomic mass is 35.5. The number of benzene rings is 1. The Balaban J connectivity index is 1.40. The predicted octanol–water partition coefficient (Wildman–Crippen LogP) is 5.29. The molecule has 9 nitrogen and oxygen atoms in total. The van der Waals surface area contributed by atoms with Gasteiger partial charge in [0.15, 0.2) is 5.82 Å². The van der Waals surface area contributed by atoms with Crippen molar-refractivity contribution in [2.24, 2.45) is 0 Å². The average Bonchev–Trinajstić information content (AvgIpc) is 3.15. The number of aromatic nitrogens is 3. The van der Waals surface area contributed by atoms with Gasteiger partial charge in [0, 0.05) is 37.3 Å². The lowest BCUT2D eigenvalue weighted by atomic mass is 9.92. The van der Waals surface area contributed by atoms with Crippen LogP contribution < -0.4 is 9.80 Å². The molecule has 5 rings (SSSR count). The van der Waals surface area contributed by atoms with E-state index >= 15 is 0 Å². The van der Waals surface area contributed by atoms with E-state index in [4.69, 9.17) is 16.6 Å². The van der Waals surface area contributed by atoms with Crippen molar-refractivity contribution in [2.45, 2.75) is 52.5 Å². The highest BCUT2D eigenvalue weighted by Gasteiger charge is 2.42. The number of amides is 1. The molecule has 1 aromatic carbocycles. The summed E-state index contributed by atoms with van der Waals surface area (Å²) in [6.45, 7) is 12.9. The summed E-state index contributed by atoms with van der Waals surface area (Å²) in [5.74, 6) is -1.93. The van der Waals surface area contributed by atoms with Crippen LogP contribution in [0, 0.1) is 25.5 Å². The lowest BCUT2D eigenvalue weighted by Gasteiger charge is -2.47. The van der Waals surface area contributed by atoms with Gasteiger partial charge in [-0.1, -0.05) is 25.4 Å². The van der Waals surface area contributed by atoms with E-state index in [9.17, 15) is 23.5 Å². The Kier molecular flexibility index (Phi) is 6.92. The molecule has 0 unspecified atom stereocenters. The first-order chi connectivity index (χ1) is 19.1. The summed E-state index contributed by atoms with van der Waals surface area (Å²) in [4.78, 5) is 44.6. The number of pyridine rings is 1. The third-order valence-corrected chi connectivity index (χ3v) is 8.13. The number of hydrogen-bond donors (Lipinski definition) is 1. The number of carboxylic acid groups (broad SMARTS) is 1. The van der Waals surface area contributed by atoms with Crippen LogP contribution in [0.1, 0.15) is 65.5 Å². The number of halogens is 3. The number of rotatable bonds is 4. The molecule has 0 radical (unpaired) electrons. The Labute approximate surface area is 241 Å². The van der Waals surface area contributed by atoms with Crippen molar-refractivity contribution >= 4 is 40.8 Å². The third kappa shape index (κ3) is 4.96. The number of aryl methyl sites for hydroxylation is 2. The smallest absolute Gasteiger partial charge is 0.337 e. The van der Waals surface area contributed by atoms with Crippen LogP contribution in [0.3, 0.4) is 0 Å². The first-order valence-corrected chi connectivity index (χ1v) is 13.6. The number of anilines is 3. The van der Waals surface area contributed by atoms with Crippen LogP contribution in [-0.4, -0.2) is 68.6 Å². The largest absolute Gasteiger partial charge is 0.478 e. The summed E-state index contributed by atoms with van der Waals surface area (Å²) in [5.41, 5.74) is 1.12. The van der Waals surface area contributed by atoms with Gasteiger partial charge >= 0.3 is 5.97 Å². The summed E-state index contributed by atoms with van der Waals surface area (Å²) in [6.07, 6.45) is 1.40. The van der Waals surface area contributed by atoms with Crippen LogP contribution in [0.5, 0.6) is 0 Å². The summed E-state index contributed by atoms with van der Waals surface area (Å²) >= 11 is 5.67. The zero-order valence-corrected chi connectivity index (χ0v) is 24.5. The number of piperazine rings is 1. The Bertz CT molecular complexity index is 1550. The minimum atomic E-state index is -1.01. The molecule has 1 N–H and O–H groups in total. The molecule has 1 amide bonds. The molecule has 4 heterocycles. The highest BCUT2D eigenvalue weighted by molar-refractivity contribution is 6.31. The maximum atomic E-state index is 14.2. The minimum Gasteiger partial charge on any atom is -0.478 e. The molecule has 0 aliphatic carbocycles. The van der Waals surface area contributed by atoms with E-state index in [0.29, 0.717) is 54.8 Å². The van der Waals surface area contributed by atoms with Crippen LogP contribution in [0.2, 0.25) is 5.02 Å². The van der Waals surface area contributed by atoms with Crippen molar-refractivity contribution in [1.29, 1.82) is 0 Å². The topological polar surface area (TPSA) is 103 Å². The van der Waals surface area contributed by atoms with Crippen LogP contribution in [-0.2, 0) is 5.41 Å². The Hall–Kier alpha value is -3.86. The SMILES string of the molecule is Cc1cc(N2CCN(C(=O)c3cnc4c(n3)C(C)(C)CN4c3cc(F)c(Cl)c(F)c3)C(C)(C)C2)nc(C)c1C(=O)O. The van der Waals surface area contributed by atoms with E-state index in [0.717, 1.165) is 12.1 Å². The molecule has 1 fully saturated rings. The van der Waals surface area contributed by atoms with E-state index in [1.807, 2.05) is 27.7 Å². The van der Waals surface area contributed by atoms with Crippen molar-refractivity contribution in [3.05, 3.63) is 69.3 Å². The number of carbonyl (C=O) groups excluding carboxylic acids is 1. The summed E-state index contributed by atoms with van der Waals surface area (Å²) in [7, 11) is 0. The molecule has 1 saturated heterocycles. The fourth-order valence-corrected chi connectivity index (χ4v) is 5.86. The van der Waals surface area contributed by atoms with Gasteiger partial charge in [0.25, 0.3) is 5.91 Å². The van der Waals surface area contributed by atoms with Crippen LogP contribution in [0.4, 0.5) is 26.1 Å². The molecular formula is C29H31ClF2N6O3. The van der Waals surface area contributed by atoms with Crippen LogP contribution in [0.25, 0.3) is 0 Å². The van der Waals surface area contributed by atoms with Gasteiger partial charge in [0.1, 0.15) is 28.2 Å². The van der Waals surface area contributed by atoms with E-state index in [1.54, 1.807) is 29.7 Å². The average molecular weight is 585 g/mol. The zero-order valence-electron chi connectivity index (χ0n) is 23.7. The van der Waals surface area contributed by atoms with E-state index in [1.165, 1.54) is 6.20 Å². The van der Waals surface area contributed by atoms with Gasteiger partial charge in [-0.15, -0.1) is 0 Å². The van der Waals surface area contributed by atoms with Crippen molar-refractivity contribution in [3.8, 4) is 0 Å². The molecule has 2 aliphatic heterocycles. The predicted molar refractivity (Wildman–Crippen MR) is 151 cm³/mol. The second kappa shape index (κ2) is 9.90. The number of carbonyl (C=O) groups is 2. The van der Waals surface area contributed by atoms with Gasteiger partial charge in [-0.3, -0.25) is 4.79 Å². The number of aromatic carboxylic acids is 1. The summed E-state index contributed by atoms with van der Waals surface area (Å²) in [6, 6.07) is 4.08. The molecule has 0 atom stereocenters. The standard InChI is InChI=1S/C29H31ClF2N6O3/c1-15-9-21(34-16(2)22(15)27(40)41)36-7-8-38(29(5,6)14-36)26(39)20-12-33-25-24(35-20)28(3,4)13-37(25)17-10-18(31)23(30)19(32)11-17/h9-12H,7-8,13-14H2,1-6H3,(H,40,41). The van der Waals surface area contributed by atoms with Crippen LogP contribution in [0.15, 0.2) is 24.4 Å². The molecule has 0 spiro atoms. The van der Waals surface area contributed by atoms with Crippen molar-refractivity contribution < 1.29 is 23.5 Å². The Morgan fingerprint density at radius 2 is 1.66 bits per heavy atom. The zero-order chi connectivity index (χ0) is 30.0. The quantitative estimate of drug-likeness (QED) is 0.413. The Morgan fingerprint density at radius 1 is 1.00 bits per heavy atom. The first kappa shape index (κ1) is 28.7. The molecular weight excluding hydrogens is 554 g/mol. The molecule has 0 saturated carbocycles. The Morgan fingerprint density at radius 3 is 2.24 bits per heavy atom. The molecule has 2 aromatic heterocycles. The second-order valence-corrected chi connectivity index (χ2v) is 12.3. The number of nitrogens with zero attached hydrogens (tertiary/aromatic N) is 6. The lowest BCUT2D eigenvalue weighted by Crippen LogP contribution is -2.61. The van der Waals surface area contributed by atoms with Gasteiger partial charge in [-0.25, -0.2) is 28.5 Å². The van der Waals surface area contributed by atoms with Crippen molar-refractivity contribution in [1.82, 2.24) is 19.9 Å². The van der Waals surface area contributed by atoms with E-state index < -0.39 is 33.6 Å². The van der Waals surface area contributed by atoms with Gasteiger partial charge in [0.05, 0.1) is 28.7 Å².